The number of para-hydroxylation sites is 1. The summed E-state index contributed by atoms with van der Waals surface area (Å²) in [4.78, 5) is 2.54. The van der Waals surface area contributed by atoms with Crippen molar-refractivity contribution >= 4 is 20.7 Å². The van der Waals surface area contributed by atoms with Gasteiger partial charge in [-0.25, -0.2) is 8.42 Å². The van der Waals surface area contributed by atoms with Gasteiger partial charge in [0.1, 0.15) is 10.8 Å². The first-order valence-corrected chi connectivity index (χ1v) is 15.5. The first-order chi connectivity index (χ1) is 19.6. The van der Waals surface area contributed by atoms with Gasteiger partial charge in [-0.15, -0.1) is 0 Å². The highest BCUT2D eigenvalue weighted by molar-refractivity contribution is 7.91. The fourth-order valence-corrected chi connectivity index (χ4v) is 7.23. The molecule has 0 amide bonds. The maximum Gasteiger partial charge on any atom is 0.222 e. The molecule has 0 radical (unpaired) electrons. The summed E-state index contributed by atoms with van der Waals surface area (Å²) in [7, 11) is 3.50. The summed E-state index contributed by atoms with van der Waals surface area (Å²) in [6.45, 7) is 8.45. The highest BCUT2D eigenvalue weighted by Crippen LogP contribution is 2.38. The van der Waals surface area contributed by atoms with Crippen molar-refractivity contribution in [3.8, 4) is 17.2 Å². The van der Waals surface area contributed by atoms with E-state index in [9.17, 15) is 8.42 Å². The second kappa shape index (κ2) is 13.0. The van der Waals surface area contributed by atoms with Gasteiger partial charge in [-0.3, -0.25) is 0 Å². The Hall–Kier alpha value is -3.49. The number of hydrogen-bond donors (Lipinski definition) is 0. The average Bonchev–Trinajstić information content (AvgIpc) is 3.28. The Morgan fingerprint density at radius 3 is 2.29 bits per heavy atom. The van der Waals surface area contributed by atoms with E-state index in [1.807, 2.05) is 62.7 Å². The second-order valence-corrected chi connectivity index (χ2v) is 12.7. The molecule has 0 bridgehead atoms. The van der Waals surface area contributed by atoms with E-state index in [4.69, 9.17) is 14.2 Å². The molecule has 8 heteroatoms. The molecule has 0 aliphatic carbocycles. The molecule has 1 heterocycles. The van der Waals surface area contributed by atoms with Crippen molar-refractivity contribution in [1.29, 1.82) is 0 Å². The lowest BCUT2D eigenvalue weighted by molar-refractivity contribution is 0.264. The molecule has 7 nitrogen and oxygen atoms in total. The zero-order chi connectivity index (χ0) is 29.7. The van der Waals surface area contributed by atoms with Crippen molar-refractivity contribution in [1.82, 2.24) is 9.47 Å². The number of nitrogens with zero attached hydrogens (tertiary/aromatic N) is 2. The maximum atomic E-state index is 13.9. The van der Waals surface area contributed by atoms with Crippen LogP contribution in [-0.2, 0) is 23.3 Å². The van der Waals surface area contributed by atoms with E-state index in [2.05, 4.69) is 18.0 Å². The first kappa shape index (κ1) is 30.5. The van der Waals surface area contributed by atoms with Crippen LogP contribution < -0.4 is 14.2 Å². The van der Waals surface area contributed by atoms with Gasteiger partial charge in [0, 0.05) is 25.5 Å². The predicted molar refractivity (Wildman–Crippen MR) is 164 cm³/mol. The third-order valence-electron chi connectivity index (χ3n) is 7.55. The molecule has 0 fully saturated rings. The largest absolute Gasteiger partial charge is 0.494 e. The van der Waals surface area contributed by atoms with Gasteiger partial charge >= 0.3 is 0 Å². The van der Waals surface area contributed by atoms with Crippen LogP contribution in [0.2, 0.25) is 0 Å². The standard InChI is InChI=1S/C33H42N2O5S/c1-23(2)31-28-11-8-10-24(3)32(28)35(5)33(31)41(36,37)27-15-13-26(14-16-27)40-21-9-19-34(4)20-18-25-12-17-29(38-6)30(22-25)39-7/h8,10-17,22-23H,9,18-21H2,1-7H3. The fourth-order valence-electron chi connectivity index (χ4n) is 5.42. The molecular formula is C33H42N2O5S. The normalized spacial score (nSPS) is 11.9. The van der Waals surface area contributed by atoms with Gasteiger partial charge in [0.25, 0.3) is 0 Å². The fraction of sp³-hybridized carbons (Fsp3) is 0.394. The molecule has 4 rings (SSSR count). The van der Waals surface area contributed by atoms with Crippen LogP contribution in [0.5, 0.6) is 17.2 Å². The zero-order valence-electron chi connectivity index (χ0n) is 25.2. The molecule has 4 aromatic rings. The van der Waals surface area contributed by atoms with Gasteiger partial charge in [-0.1, -0.05) is 38.1 Å². The minimum absolute atomic E-state index is 0.0602. The number of aromatic nitrogens is 1. The van der Waals surface area contributed by atoms with Crippen LogP contribution in [0.4, 0.5) is 0 Å². The number of likely N-dealkylation sites (N-methyl/N-ethyl adjacent to an activating group) is 1. The van der Waals surface area contributed by atoms with Crippen molar-refractivity contribution in [2.45, 2.75) is 49.5 Å². The molecule has 0 atom stereocenters. The van der Waals surface area contributed by atoms with Gasteiger partial charge < -0.3 is 23.7 Å². The number of ether oxygens (including phenoxy) is 3. The first-order valence-electron chi connectivity index (χ1n) is 14.0. The van der Waals surface area contributed by atoms with Gasteiger partial charge in [0.15, 0.2) is 11.5 Å². The number of benzene rings is 3. The Morgan fingerprint density at radius 1 is 0.927 bits per heavy atom. The summed E-state index contributed by atoms with van der Waals surface area (Å²) >= 11 is 0. The maximum absolute atomic E-state index is 13.9. The topological polar surface area (TPSA) is 70.0 Å². The molecule has 0 saturated carbocycles. The van der Waals surface area contributed by atoms with Gasteiger partial charge in [0.05, 0.1) is 31.2 Å². The van der Waals surface area contributed by atoms with Crippen LogP contribution in [0.1, 0.15) is 42.9 Å². The van der Waals surface area contributed by atoms with E-state index in [0.29, 0.717) is 17.4 Å². The lowest BCUT2D eigenvalue weighted by Gasteiger charge is -2.17. The minimum Gasteiger partial charge on any atom is -0.494 e. The Morgan fingerprint density at radius 2 is 1.63 bits per heavy atom. The lowest BCUT2D eigenvalue weighted by atomic mass is 10.0. The summed E-state index contributed by atoms with van der Waals surface area (Å²) in [5.74, 6) is 2.20. The van der Waals surface area contributed by atoms with Crippen molar-refractivity contribution in [2.24, 2.45) is 7.05 Å². The number of rotatable bonds is 13. The molecule has 3 aromatic carbocycles. The molecule has 1 aromatic heterocycles. The van der Waals surface area contributed by atoms with Crippen LogP contribution >= 0.6 is 0 Å². The quantitative estimate of drug-likeness (QED) is 0.171. The predicted octanol–water partition coefficient (Wildman–Crippen LogP) is 6.40. The van der Waals surface area contributed by atoms with Crippen LogP contribution in [0, 0.1) is 6.92 Å². The highest BCUT2D eigenvalue weighted by atomic mass is 32.2. The monoisotopic (exact) mass is 578 g/mol. The van der Waals surface area contributed by atoms with E-state index in [1.165, 1.54) is 5.56 Å². The number of hydrogen-bond acceptors (Lipinski definition) is 6. The van der Waals surface area contributed by atoms with Crippen molar-refractivity contribution in [3.05, 3.63) is 77.4 Å². The zero-order valence-corrected chi connectivity index (χ0v) is 26.0. The Bertz CT molecular complexity index is 1590. The summed E-state index contributed by atoms with van der Waals surface area (Å²) in [6, 6.07) is 18.8. The molecule has 0 aliphatic heterocycles. The summed E-state index contributed by atoms with van der Waals surface area (Å²) in [6.07, 6.45) is 1.76. The number of fused-ring (bicyclic) bond motifs is 1. The molecule has 0 N–H and O–H groups in total. The van der Waals surface area contributed by atoms with Crippen molar-refractivity contribution in [3.63, 3.8) is 0 Å². The molecule has 0 unspecified atom stereocenters. The Kier molecular flexibility index (Phi) is 9.66. The Labute approximate surface area is 244 Å². The smallest absolute Gasteiger partial charge is 0.222 e. The average molecular weight is 579 g/mol. The number of sulfone groups is 1. The molecule has 0 saturated heterocycles. The van der Waals surface area contributed by atoms with E-state index in [0.717, 1.165) is 59.5 Å². The van der Waals surface area contributed by atoms with Gasteiger partial charge in [0.2, 0.25) is 9.84 Å². The molecule has 220 valence electrons. The summed E-state index contributed by atoms with van der Waals surface area (Å²) < 4.78 is 46.2. The summed E-state index contributed by atoms with van der Waals surface area (Å²) in [5, 5.41) is 1.36. The highest BCUT2D eigenvalue weighted by Gasteiger charge is 2.29. The van der Waals surface area contributed by atoms with Gasteiger partial charge in [-0.2, -0.15) is 0 Å². The van der Waals surface area contributed by atoms with Crippen molar-refractivity contribution < 1.29 is 22.6 Å². The molecule has 0 aliphatic rings. The minimum atomic E-state index is -3.73. The van der Waals surface area contributed by atoms with E-state index >= 15 is 0 Å². The Balaban J connectivity index is 1.35. The van der Waals surface area contributed by atoms with E-state index in [1.54, 1.807) is 38.5 Å². The van der Waals surface area contributed by atoms with Gasteiger partial charge in [-0.05, 0) is 85.8 Å². The molecule has 41 heavy (non-hydrogen) atoms. The van der Waals surface area contributed by atoms with E-state index < -0.39 is 9.84 Å². The van der Waals surface area contributed by atoms with Crippen LogP contribution in [0.15, 0.2) is 70.6 Å². The molecule has 0 spiro atoms. The van der Waals surface area contributed by atoms with E-state index in [-0.39, 0.29) is 10.8 Å². The SMILES string of the molecule is COc1ccc(CCN(C)CCCOc2ccc(S(=O)(=O)c3c(C(C)C)c4cccc(C)c4n3C)cc2)cc1OC. The molecular weight excluding hydrogens is 536 g/mol. The second-order valence-electron chi connectivity index (χ2n) is 10.8. The third-order valence-corrected chi connectivity index (χ3v) is 9.44. The summed E-state index contributed by atoms with van der Waals surface area (Å²) in [5.41, 5.74) is 4.08. The number of aryl methyl sites for hydroxylation is 2. The lowest BCUT2D eigenvalue weighted by Crippen LogP contribution is -2.23. The number of methoxy groups -OCH3 is 2. The van der Waals surface area contributed by atoms with Crippen LogP contribution in [0.3, 0.4) is 0 Å². The van der Waals surface area contributed by atoms with Crippen LogP contribution in [0.25, 0.3) is 10.9 Å². The third kappa shape index (κ3) is 6.54. The van der Waals surface area contributed by atoms with Crippen molar-refractivity contribution in [2.75, 3.05) is 41.0 Å². The van der Waals surface area contributed by atoms with Crippen LogP contribution in [-0.4, -0.2) is 58.8 Å².